The average Bonchev–Trinajstić information content (AvgIpc) is 3.04. The maximum Gasteiger partial charge on any atom is 0.146 e. The van der Waals surface area contributed by atoms with Crippen LogP contribution in [0.15, 0.2) is 30.3 Å². The first-order chi connectivity index (χ1) is 12.2. The molecule has 0 spiro atoms. The van der Waals surface area contributed by atoms with Crippen molar-refractivity contribution in [3.05, 3.63) is 41.5 Å². The smallest absolute Gasteiger partial charge is 0.146 e. The zero-order valence-electron chi connectivity index (χ0n) is 14.9. The SMILES string of the molecule is CCCCc1cc(O)c(CCCC)c(-n2nc3ccccc3n2)c1O. The van der Waals surface area contributed by atoms with Gasteiger partial charge in [-0.05, 0) is 49.4 Å². The minimum Gasteiger partial charge on any atom is -0.508 e. The Bertz CT molecular complexity index is 838. The highest BCUT2D eigenvalue weighted by molar-refractivity contribution is 5.74. The summed E-state index contributed by atoms with van der Waals surface area (Å²) in [6, 6.07) is 9.30. The van der Waals surface area contributed by atoms with Crippen molar-refractivity contribution in [1.29, 1.82) is 0 Å². The third kappa shape index (κ3) is 3.45. The van der Waals surface area contributed by atoms with E-state index >= 15 is 0 Å². The number of benzene rings is 2. The number of fused-ring (bicyclic) bond motifs is 1. The standard InChI is InChI=1S/C20H25N3O2/c1-3-5-9-14-13-18(24)15(10-6-4-2)19(20(14)25)23-21-16-11-7-8-12-17(16)22-23/h7-8,11-13,24-25H,3-6,9-10H2,1-2H3. The lowest BCUT2D eigenvalue weighted by Crippen LogP contribution is -2.06. The second kappa shape index (κ2) is 7.55. The van der Waals surface area contributed by atoms with Gasteiger partial charge in [0.15, 0.2) is 0 Å². The van der Waals surface area contributed by atoms with E-state index < -0.39 is 0 Å². The van der Waals surface area contributed by atoms with Crippen LogP contribution >= 0.6 is 0 Å². The van der Waals surface area contributed by atoms with Crippen molar-refractivity contribution in [2.75, 3.05) is 0 Å². The van der Waals surface area contributed by atoms with Crippen molar-refractivity contribution >= 4 is 11.0 Å². The number of phenolic OH excluding ortho intramolecular Hbond substituents is 2. The normalized spacial score (nSPS) is 11.3. The summed E-state index contributed by atoms with van der Waals surface area (Å²) >= 11 is 0. The van der Waals surface area contributed by atoms with Gasteiger partial charge in [-0.2, -0.15) is 0 Å². The Morgan fingerprint density at radius 1 is 0.920 bits per heavy atom. The summed E-state index contributed by atoms with van der Waals surface area (Å²) in [5.74, 6) is 0.395. The van der Waals surface area contributed by atoms with Gasteiger partial charge >= 0.3 is 0 Å². The van der Waals surface area contributed by atoms with Gasteiger partial charge in [0.2, 0.25) is 0 Å². The molecule has 0 atom stereocenters. The molecule has 132 valence electrons. The average molecular weight is 339 g/mol. The van der Waals surface area contributed by atoms with Gasteiger partial charge in [-0.25, -0.2) is 0 Å². The maximum absolute atomic E-state index is 10.9. The molecule has 0 radical (unpaired) electrons. The number of phenols is 2. The molecule has 0 amide bonds. The van der Waals surface area contributed by atoms with Gasteiger partial charge in [-0.15, -0.1) is 15.0 Å². The molecule has 3 aromatic rings. The highest BCUT2D eigenvalue weighted by Crippen LogP contribution is 2.37. The van der Waals surface area contributed by atoms with Crippen molar-refractivity contribution in [2.45, 2.75) is 52.4 Å². The fourth-order valence-corrected chi connectivity index (χ4v) is 3.07. The van der Waals surface area contributed by atoms with Crippen LogP contribution in [0.25, 0.3) is 16.7 Å². The number of unbranched alkanes of at least 4 members (excludes halogenated alkanes) is 2. The Morgan fingerprint density at radius 2 is 1.52 bits per heavy atom. The van der Waals surface area contributed by atoms with E-state index in [0.29, 0.717) is 17.7 Å². The van der Waals surface area contributed by atoms with Crippen LogP contribution in [0.5, 0.6) is 11.5 Å². The van der Waals surface area contributed by atoms with E-state index in [9.17, 15) is 10.2 Å². The highest BCUT2D eigenvalue weighted by Gasteiger charge is 2.20. The first-order valence-corrected chi connectivity index (χ1v) is 9.04. The summed E-state index contributed by atoms with van der Waals surface area (Å²) < 4.78 is 0. The lowest BCUT2D eigenvalue weighted by Gasteiger charge is -2.16. The molecule has 25 heavy (non-hydrogen) atoms. The second-order valence-corrected chi connectivity index (χ2v) is 6.42. The summed E-state index contributed by atoms with van der Waals surface area (Å²) in [5, 5.41) is 30.5. The summed E-state index contributed by atoms with van der Waals surface area (Å²) in [6.07, 6.45) is 5.31. The van der Waals surface area contributed by atoms with Crippen LogP contribution in [0.1, 0.15) is 50.7 Å². The highest BCUT2D eigenvalue weighted by atomic mass is 16.3. The van der Waals surface area contributed by atoms with Gasteiger partial charge < -0.3 is 10.2 Å². The fraction of sp³-hybridized carbons (Fsp3) is 0.400. The summed E-state index contributed by atoms with van der Waals surface area (Å²) in [4.78, 5) is 1.47. The number of aryl methyl sites for hydroxylation is 1. The van der Waals surface area contributed by atoms with Crippen LogP contribution < -0.4 is 0 Å². The van der Waals surface area contributed by atoms with Crippen molar-refractivity contribution in [2.24, 2.45) is 0 Å². The molecule has 2 N–H and O–H groups in total. The second-order valence-electron chi connectivity index (χ2n) is 6.42. The predicted molar refractivity (Wildman–Crippen MR) is 99.4 cm³/mol. The van der Waals surface area contributed by atoms with E-state index in [1.807, 2.05) is 24.3 Å². The predicted octanol–water partition coefficient (Wildman–Crippen LogP) is 4.52. The van der Waals surface area contributed by atoms with Gasteiger partial charge in [-0.1, -0.05) is 38.8 Å². The third-order valence-electron chi connectivity index (χ3n) is 4.50. The first kappa shape index (κ1) is 17.3. The Balaban J connectivity index is 2.17. The molecular formula is C20H25N3O2. The first-order valence-electron chi connectivity index (χ1n) is 9.04. The molecule has 1 aromatic heterocycles. The van der Waals surface area contributed by atoms with Crippen LogP contribution in [-0.4, -0.2) is 25.2 Å². The minimum absolute atomic E-state index is 0.178. The third-order valence-corrected chi connectivity index (χ3v) is 4.50. The van der Waals surface area contributed by atoms with E-state index in [-0.39, 0.29) is 11.5 Å². The van der Waals surface area contributed by atoms with Crippen molar-refractivity contribution in [3.63, 3.8) is 0 Å². The molecule has 0 aliphatic carbocycles. The number of hydrogen-bond donors (Lipinski definition) is 2. The van der Waals surface area contributed by atoms with Gasteiger partial charge in [-0.3, -0.25) is 0 Å². The molecule has 5 nitrogen and oxygen atoms in total. The quantitative estimate of drug-likeness (QED) is 0.621. The van der Waals surface area contributed by atoms with Crippen LogP contribution in [0.4, 0.5) is 0 Å². The lowest BCUT2D eigenvalue weighted by atomic mass is 9.98. The fourth-order valence-electron chi connectivity index (χ4n) is 3.07. The van der Waals surface area contributed by atoms with Crippen molar-refractivity contribution in [1.82, 2.24) is 15.0 Å². The number of nitrogens with zero attached hydrogens (tertiary/aromatic N) is 3. The molecule has 0 aliphatic rings. The van der Waals surface area contributed by atoms with E-state index in [2.05, 4.69) is 24.0 Å². The van der Waals surface area contributed by atoms with E-state index in [0.717, 1.165) is 48.7 Å². The lowest BCUT2D eigenvalue weighted by molar-refractivity contribution is 0.440. The molecule has 3 rings (SSSR count). The largest absolute Gasteiger partial charge is 0.508 e. The number of hydrogen-bond acceptors (Lipinski definition) is 4. The summed E-state index contributed by atoms with van der Waals surface area (Å²) in [6.45, 7) is 4.21. The molecular weight excluding hydrogens is 314 g/mol. The minimum atomic E-state index is 0.178. The van der Waals surface area contributed by atoms with E-state index in [1.165, 1.54) is 4.80 Å². The van der Waals surface area contributed by atoms with Crippen LogP contribution in [0.2, 0.25) is 0 Å². The molecule has 0 aliphatic heterocycles. The molecule has 0 fully saturated rings. The van der Waals surface area contributed by atoms with Crippen molar-refractivity contribution in [3.8, 4) is 17.2 Å². The van der Waals surface area contributed by atoms with Crippen LogP contribution in [0.3, 0.4) is 0 Å². The summed E-state index contributed by atoms with van der Waals surface area (Å²) in [5.41, 5.74) is 3.50. The Kier molecular flexibility index (Phi) is 5.22. The number of aromatic hydroxyl groups is 2. The molecule has 0 bridgehead atoms. The maximum atomic E-state index is 10.9. The Labute approximate surface area is 147 Å². The van der Waals surface area contributed by atoms with Gasteiger partial charge in [0.05, 0.1) is 0 Å². The zero-order valence-corrected chi connectivity index (χ0v) is 14.9. The number of aromatic nitrogens is 3. The van der Waals surface area contributed by atoms with Crippen LogP contribution in [0, 0.1) is 0 Å². The van der Waals surface area contributed by atoms with Crippen molar-refractivity contribution < 1.29 is 10.2 Å². The van der Waals surface area contributed by atoms with Gasteiger partial charge in [0, 0.05) is 5.56 Å². The molecule has 0 saturated carbocycles. The molecule has 5 heteroatoms. The molecule has 1 heterocycles. The monoisotopic (exact) mass is 339 g/mol. The molecule has 0 saturated heterocycles. The molecule has 2 aromatic carbocycles. The Morgan fingerprint density at radius 3 is 2.12 bits per heavy atom. The van der Waals surface area contributed by atoms with E-state index in [1.54, 1.807) is 6.07 Å². The Hall–Kier alpha value is -2.56. The topological polar surface area (TPSA) is 71.2 Å². The number of rotatable bonds is 7. The summed E-state index contributed by atoms with van der Waals surface area (Å²) in [7, 11) is 0. The van der Waals surface area contributed by atoms with Gasteiger partial charge in [0.1, 0.15) is 28.2 Å². The zero-order chi connectivity index (χ0) is 17.8. The van der Waals surface area contributed by atoms with Gasteiger partial charge in [0.25, 0.3) is 0 Å². The van der Waals surface area contributed by atoms with E-state index in [4.69, 9.17) is 0 Å². The van der Waals surface area contributed by atoms with Crippen LogP contribution in [-0.2, 0) is 12.8 Å². The molecule has 0 unspecified atom stereocenters.